The maximum absolute atomic E-state index is 11.4. The molecule has 3 N–H and O–H groups in total. The molecular formula is C19H32N2O6. The highest BCUT2D eigenvalue weighted by molar-refractivity contribution is 5.67. The molecule has 1 aromatic carbocycles. The number of carbonyl (C=O) groups is 2. The predicted octanol–water partition coefficient (Wildman–Crippen LogP) is 2.03. The zero-order valence-corrected chi connectivity index (χ0v) is 16.7. The van der Waals surface area contributed by atoms with Gasteiger partial charge in [-0.15, -0.1) is 0 Å². The van der Waals surface area contributed by atoms with Gasteiger partial charge in [0.25, 0.3) is 0 Å². The van der Waals surface area contributed by atoms with Crippen LogP contribution in [0.1, 0.15) is 26.3 Å². The second-order valence-electron chi connectivity index (χ2n) is 6.45. The second-order valence-corrected chi connectivity index (χ2v) is 6.45. The monoisotopic (exact) mass is 384 g/mol. The summed E-state index contributed by atoms with van der Waals surface area (Å²) in [7, 11) is 0. The molecule has 8 nitrogen and oxygen atoms in total. The summed E-state index contributed by atoms with van der Waals surface area (Å²) in [6.07, 6.45) is -0.185. The fourth-order valence-electron chi connectivity index (χ4n) is 1.71. The zero-order chi connectivity index (χ0) is 20.5. The maximum Gasteiger partial charge on any atom is 0.407 e. The van der Waals surface area contributed by atoms with Gasteiger partial charge in [0.05, 0.1) is 26.4 Å². The van der Waals surface area contributed by atoms with E-state index in [1.807, 2.05) is 52.0 Å². The van der Waals surface area contributed by atoms with Crippen molar-refractivity contribution < 1.29 is 28.5 Å². The summed E-state index contributed by atoms with van der Waals surface area (Å²) in [5.74, 6) is 0.841. The van der Waals surface area contributed by atoms with Crippen molar-refractivity contribution in [1.82, 2.24) is 5.32 Å². The largest absolute Gasteiger partial charge is 0.491 e. The number of amides is 2. The topological polar surface area (TPSA) is 109 Å². The molecule has 0 fully saturated rings. The van der Waals surface area contributed by atoms with E-state index in [-0.39, 0.29) is 6.41 Å². The lowest BCUT2D eigenvalue weighted by Gasteiger charge is -2.19. The number of benzene rings is 1. The Kier molecular flexibility index (Phi) is 13.5. The van der Waals surface area contributed by atoms with E-state index in [4.69, 9.17) is 23.7 Å². The second kappa shape index (κ2) is 14.8. The van der Waals surface area contributed by atoms with Crippen molar-refractivity contribution in [1.29, 1.82) is 0 Å². The van der Waals surface area contributed by atoms with E-state index in [1.165, 1.54) is 5.56 Å². The van der Waals surface area contributed by atoms with Crippen LogP contribution in [0.25, 0.3) is 0 Å². The van der Waals surface area contributed by atoms with Crippen molar-refractivity contribution >= 4 is 12.5 Å². The molecule has 0 bridgehead atoms. The molecule has 0 unspecified atom stereocenters. The number of ether oxygens (including phenoxy) is 4. The third-order valence-corrected chi connectivity index (χ3v) is 2.80. The van der Waals surface area contributed by atoms with Gasteiger partial charge in [0.1, 0.15) is 18.0 Å². The summed E-state index contributed by atoms with van der Waals surface area (Å²) in [6, 6.07) is 7.90. The molecule has 1 rings (SSSR count). The van der Waals surface area contributed by atoms with Gasteiger partial charge in [0.15, 0.2) is 0 Å². The van der Waals surface area contributed by atoms with Crippen LogP contribution in [0.3, 0.4) is 0 Å². The molecular weight excluding hydrogens is 352 g/mol. The van der Waals surface area contributed by atoms with E-state index >= 15 is 0 Å². The number of alkyl carbamates (subject to hydrolysis) is 1. The summed E-state index contributed by atoms with van der Waals surface area (Å²) in [4.78, 5) is 20.0. The van der Waals surface area contributed by atoms with Gasteiger partial charge in [-0.3, -0.25) is 4.79 Å². The molecule has 0 saturated carbocycles. The maximum atomic E-state index is 11.4. The first-order chi connectivity index (χ1) is 12.8. The molecule has 0 atom stereocenters. The van der Waals surface area contributed by atoms with Crippen LogP contribution in [0.4, 0.5) is 4.79 Å². The fourth-order valence-corrected chi connectivity index (χ4v) is 1.71. The van der Waals surface area contributed by atoms with Crippen molar-refractivity contribution in [3.8, 4) is 5.75 Å². The minimum absolute atomic E-state index is 0.250. The smallest absolute Gasteiger partial charge is 0.407 e. The van der Waals surface area contributed by atoms with E-state index < -0.39 is 11.7 Å². The van der Waals surface area contributed by atoms with Crippen molar-refractivity contribution in [3.63, 3.8) is 0 Å². The molecule has 0 aliphatic rings. The Morgan fingerprint density at radius 2 is 1.56 bits per heavy atom. The number of hydrogen-bond acceptors (Lipinski definition) is 6. The Morgan fingerprint density at radius 1 is 1.04 bits per heavy atom. The number of nitrogens with two attached hydrogens (primary N) is 1. The van der Waals surface area contributed by atoms with Gasteiger partial charge >= 0.3 is 6.09 Å². The minimum Gasteiger partial charge on any atom is -0.491 e. The van der Waals surface area contributed by atoms with E-state index in [0.717, 1.165) is 5.75 Å². The lowest BCUT2D eigenvalue weighted by molar-refractivity contribution is -0.106. The molecule has 0 saturated heterocycles. The summed E-state index contributed by atoms with van der Waals surface area (Å²) in [6.45, 7) is 10.3. The Balaban J connectivity index is 0.00000210. The van der Waals surface area contributed by atoms with Gasteiger partial charge in [-0.05, 0) is 39.8 Å². The van der Waals surface area contributed by atoms with Crippen molar-refractivity contribution in [3.05, 3.63) is 29.8 Å². The Bertz CT molecular complexity index is 514. The number of hydrogen-bond donors (Lipinski definition) is 2. The summed E-state index contributed by atoms with van der Waals surface area (Å²) >= 11 is 0. The molecule has 154 valence electrons. The van der Waals surface area contributed by atoms with Crippen molar-refractivity contribution in [2.75, 3.05) is 39.6 Å². The first kappa shape index (κ1) is 24.7. The molecule has 27 heavy (non-hydrogen) atoms. The molecule has 1 aromatic rings. The van der Waals surface area contributed by atoms with Crippen LogP contribution in [0.5, 0.6) is 5.75 Å². The molecule has 0 radical (unpaired) electrons. The van der Waals surface area contributed by atoms with E-state index in [2.05, 4.69) is 11.1 Å². The third-order valence-electron chi connectivity index (χ3n) is 2.80. The van der Waals surface area contributed by atoms with E-state index in [9.17, 15) is 4.79 Å². The van der Waals surface area contributed by atoms with Gasteiger partial charge in [0.2, 0.25) is 6.41 Å². The number of aryl methyl sites for hydroxylation is 1. The van der Waals surface area contributed by atoms with Crippen LogP contribution >= 0.6 is 0 Å². The molecule has 2 amide bonds. The van der Waals surface area contributed by atoms with Crippen LogP contribution in [-0.2, 0) is 19.0 Å². The summed E-state index contributed by atoms with van der Waals surface area (Å²) in [5, 5.41) is 2.63. The Morgan fingerprint density at radius 3 is 2.11 bits per heavy atom. The summed E-state index contributed by atoms with van der Waals surface area (Å²) < 4.78 is 21.4. The molecule has 0 spiro atoms. The van der Waals surface area contributed by atoms with Gasteiger partial charge in [-0.2, -0.15) is 0 Å². The molecule has 0 aromatic heterocycles. The lowest BCUT2D eigenvalue weighted by atomic mass is 10.2. The number of carbonyl (C=O) groups excluding carboxylic acids is 2. The predicted molar refractivity (Wildman–Crippen MR) is 103 cm³/mol. The first-order valence-electron chi connectivity index (χ1n) is 8.75. The van der Waals surface area contributed by atoms with E-state index in [0.29, 0.717) is 39.6 Å². The number of rotatable bonds is 10. The first-order valence-corrected chi connectivity index (χ1v) is 8.75. The van der Waals surface area contributed by atoms with Gasteiger partial charge in [-0.1, -0.05) is 17.7 Å². The number of primary amides is 1. The van der Waals surface area contributed by atoms with Gasteiger partial charge in [0, 0.05) is 6.54 Å². The Hall–Kier alpha value is -2.32. The van der Waals surface area contributed by atoms with Crippen LogP contribution in [-0.4, -0.2) is 57.7 Å². The van der Waals surface area contributed by atoms with Crippen LogP contribution in [0, 0.1) is 6.92 Å². The summed E-state index contributed by atoms with van der Waals surface area (Å²) in [5.41, 5.74) is 4.89. The average molecular weight is 384 g/mol. The standard InChI is InChI=1S/C18H29NO5.CH3NO/c1-15-5-7-16(8-6-15)23-14-13-22-12-11-21-10-9-19-17(20)24-18(2,3)4;2-1-3/h5-8H,9-14H2,1-4H3,(H,19,20);1H,(H2,2,3). The molecule has 0 aliphatic heterocycles. The highest BCUT2D eigenvalue weighted by atomic mass is 16.6. The number of nitrogens with one attached hydrogen (secondary N) is 1. The SMILES string of the molecule is Cc1ccc(OCCOCCOCCNC(=O)OC(C)(C)C)cc1.NC=O. The Labute approximate surface area is 161 Å². The minimum atomic E-state index is -0.487. The molecule has 8 heteroatoms. The fraction of sp³-hybridized carbons (Fsp3) is 0.579. The third kappa shape index (κ3) is 16.9. The molecule has 0 heterocycles. The van der Waals surface area contributed by atoms with Gasteiger partial charge in [-0.25, -0.2) is 4.79 Å². The van der Waals surface area contributed by atoms with Crippen molar-refractivity contribution in [2.45, 2.75) is 33.3 Å². The normalized spacial score (nSPS) is 10.4. The van der Waals surface area contributed by atoms with E-state index in [1.54, 1.807) is 0 Å². The van der Waals surface area contributed by atoms with Crippen LogP contribution in [0.2, 0.25) is 0 Å². The lowest BCUT2D eigenvalue weighted by Crippen LogP contribution is -2.34. The van der Waals surface area contributed by atoms with Crippen LogP contribution < -0.4 is 15.8 Å². The van der Waals surface area contributed by atoms with Crippen LogP contribution in [0.15, 0.2) is 24.3 Å². The zero-order valence-electron chi connectivity index (χ0n) is 16.7. The van der Waals surface area contributed by atoms with Gasteiger partial charge < -0.3 is 30.0 Å². The molecule has 0 aliphatic carbocycles. The van der Waals surface area contributed by atoms with Crippen molar-refractivity contribution in [2.24, 2.45) is 5.73 Å². The average Bonchev–Trinajstić information content (AvgIpc) is 2.57. The highest BCUT2D eigenvalue weighted by Gasteiger charge is 2.15. The highest BCUT2D eigenvalue weighted by Crippen LogP contribution is 2.10. The quantitative estimate of drug-likeness (QED) is 0.472.